The zero-order valence-corrected chi connectivity index (χ0v) is 16.1. The zero-order chi connectivity index (χ0) is 19.6. The zero-order valence-electron chi connectivity index (χ0n) is 15.3. The largest absolute Gasteiger partial charge is 0.507 e. The van der Waals surface area contributed by atoms with E-state index >= 15 is 0 Å². The lowest BCUT2D eigenvalue weighted by Crippen LogP contribution is -2.50. The molecule has 0 spiro atoms. The van der Waals surface area contributed by atoms with Gasteiger partial charge in [0.2, 0.25) is 10.0 Å². The number of carbonyl (C=O) groups is 1. The molecule has 0 aliphatic carbocycles. The summed E-state index contributed by atoms with van der Waals surface area (Å²) in [6, 6.07) is 11.2. The molecular formula is C19H22N2O5S. The van der Waals surface area contributed by atoms with Gasteiger partial charge in [-0.3, -0.25) is 4.79 Å². The van der Waals surface area contributed by atoms with Gasteiger partial charge in [-0.2, -0.15) is 4.31 Å². The number of benzene rings is 2. The van der Waals surface area contributed by atoms with Gasteiger partial charge in [0, 0.05) is 32.2 Å². The minimum Gasteiger partial charge on any atom is -0.507 e. The summed E-state index contributed by atoms with van der Waals surface area (Å²) in [6.07, 6.45) is 0. The van der Waals surface area contributed by atoms with Crippen molar-refractivity contribution in [1.82, 2.24) is 9.21 Å². The first-order valence-corrected chi connectivity index (χ1v) is 10.00. The van der Waals surface area contributed by atoms with E-state index in [0.29, 0.717) is 5.75 Å². The van der Waals surface area contributed by atoms with Crippen molar-refractivity contribution in [2.24, 2.45) is 0 Å². The summed E-state index contributed by atoms with van der Waals surface area (Å²) >= 11 is 0. The molecule has 27 heavy (non-hydrogen) atoms. The molecule has 144 valence electrons. The van der Waals surface area contributed by atoms with Crippen LogP contribution in [-0.4, -0.2) is 61.9 Å². The number of phenolic OH excluding ortho intramolecular Hbond substituents is 1. The molecule has 8 heteroatoms. The van der Waals surface area contributed by atoms with Gasteiger partial charge in [0.25, 0.3) is 5.91 Å². The molecule has 1 saturated heterocycles. The standard InChI is InChI=1S/C19H22N2O5S/c1-14-3-6-16(7-4-14)27(24,25)21-11-9-20(10-12-21)19(23)17-8-5-15(26-2)13-18(17)22/h3-8,13,22H,9-12H2,1-2H3. The van der Waals surface area contributed by atoms with Gasteiger partial charge >= 0.3 is 0 Å². The van der Waals surface area contributed by atoms with E-state index in [1.165, 1.54) is 23.5 Å². The van der Waals surface area contributed by atoms with E-state index in [0.717, 1.165) is 5.56 Å². The number of ether oxygens (including phenoxy) is 1. The van der Waals surface area contributed by atoms with Crippen molar-refractivity contribution in [1.29, 1.82) is 0 Å². The third kappa shape index (κ3) is 3.91. The third-order valence-corrected chi connectivity index (χ3v) is 6.53. The van der Waals surface area contributed by atoms with Gasteiger partial charge in [-0.05, 0) is 31.2 Å². The summed E-state index contributed by atoms with van der Waals surface area (Å²) in [4.78, 5) is 14.4. The number of hydrogen-bond donors (Lipinski definition) is 1. The Morgan fingerprint density at radius 1 is 1.04 bits per heavy atom. The van der Waals surface area contributed by atoms with Gasteiger partial charge in [0.05, 0.1) is 17.6 Å². The lowest BCUT2D eigenvalue weighted by molar-refractivity contribution is 0.0695. The molecule has 0 bridgehead atoms. The van der Waals surface area contributed by atoms with E-state index in [2.05, 4.69) is 0 Å². The predicted octanol–water partition coefficient (Wildman–Crippen LogP) is 1.86. The first-order chi connectivity index (χ1) is 12.8. The Balaban J connectivity index is 1.69. The fourth-order valence-corrected chi connectivity index (χ4v) is 4.40. The van der Waals surface area contributed by atoms with E-state index in [-0.39, 0.29) is 48.3 Å². The van der Waals surface area contributed by atoms with E-state index in [9.17, 15) is 18.3 Å². The van der Waals surface area contributed by atoms with Crippen LogP contribution >= 0.6 is 0 Å². The molecule has 0 atom stereocenters. The number of hydrogen-bond acceptors (Lipinski definition) is 5. The Hall–Kier alpha value is -2.58. The van der Waals surface area contributed by atoms with Gasteiger partial charge in [-0.1, -0.05) is 17.7 Å². The molecule has 1 fully saturated rings. The van der Waals surface area contributed by atoms with Crippen LogP contribution in [0.25, 0.3) is 0 Å². The lowest BCUT2D eigenvalue weighted by Gasteiger charge is -2.34. The topological polar surface area (TPSA) is 87.2 Å². The molecule has 1 amide bonds. The number of aromatic hydroxyl groups is 1. The second-order valence-corrected chi connectivity index (χ2v) is 8.33. The maximum Gasteiger partial charge on any atom is 0.257 e. The monoisotopic (exact) mass is 390 g/mol. The Morgan fingerprint density at radius 3 is 2.22 bits per heavy atom. The van der Waals surface area contributed by atoms with Crippen LogP contribution in [0.4, 0.5) is 0 Å². The molecular weight excluding hydrogens is 368 g/mol. The summed E-state index contributed by atoms with van der Waals surface area (Å²) in [5.41, 5.74) is 1.16. The minimum absolute atomic E-state index is 0.158. The Morgan fingerprint density at radius 2 is 1.67 bits per heavy atom. The second kappa shape index (κ2) is 7.58. The van der Waals surface area contributed by atoms with Crippen molar-refractivity contribution < 1.29 is 23.1 Å². The Bertz CT molecular complexity index is 933. The molecule has 1 aliphatic rings. The van der Waals surface area contributed by atoms with Crippen LogP contribution in [-0.2, 0) is 10.0 Å². The van der Waals surface area contributed by atoms with Crippen molar-refractivity contribution in [2.45, 2.75) is 11.8 Å². The highest BCUT2D eigenvalue weighted by molar-refractivity contribution is 7.89. The highest BCUT2D eigenvalue weighted by Gasteiger charge is 2.31. The summed E-state index contributed by atoms with van der Waals surface area (Å²) in [5.74, 6) is -0.0327. The molecule has 1 aliphatic heterocycles. The van der Waals surface area contributed by atoms with Gasteiger partial charge in [-0.25, -0.2) is 8.42 Å². The molecule has 0 saturated carbocycles. The number of sulfonamides is 1. The highest BCUT2D eigenvalue weighted by atomic mass is 32.2. The van der Waals surface area contributed by atoms with Gasteiger partial charge in [-0.15, -0.1) is 0 Å². The maximum atomic E-state index is 12.7. The van der Waals surface area contributed by atoms with Gasteiger partial charge < -0.3 is 14.7 Å². The number of phenols is 1. The fraction of sp³-hybridized carbons (Fsp3) is 0.316. The number of aryl methyl sites for hydroxylation is 1. The molecule has 0 aromatic heterocycles. The Labute approximate surface area is 158 Å². The molecule has 3 rings (SSSR count). The van der Waals surface area contributed by atoms with E-state index < -0.39 is 10.0 Å². The van der Waals surface area contributed by atoms with Crippen LogP contribution < -0.4 is 4.74 Å². The van der Waals surface area contributed by atoms with Crippen molar-refractivity contribution in [2.75, 3.05) is 33.3 Å². The number of amides is 1. The quantitative estimate of drug-likeness (QED) is 0.861. The third-order valence-electron chi connectivity index (χ3n) is 4.62. The smallest absolute Gasteiger partial charge is 0.257 e. The summed E-state index contributed by atoms with van der Waals surface area (Å²) in [6.45, 7) is 2.83. The number of nitrogens with zero attached hydrogens (tertiary/aromatic N) is 2. The summed E-state index contributed by atoms with van der Waals surface area (Å²) in [5, 5.41) is 10.0. The normalized spacial score (nSPS) is 15.6. The summed E-state index contributed by atoms with van der Waals surface area (Å²) < 4.78 is 31.9. The van der Waals surface area contributed by atoms with Gasteiger partial charge in [0.15, 0.2) is 0 Å². The molecule has 1 N–H and O–H groups in total. The number of piperazine rings is 1. The van der Waals surface area contributed by atoms with Crippen LogP contribution in [0.5, 0.6) is 11.5 Å². The van der Waals surface area contributed by atoms with Crippen LogP contribution in [0.3, 0.4) is 0 Å². The minimum atomic E-state index is -3.58. The van der Waals surface area contributed by atoms with E-state index in [1.54, 1.807) is 35.2 Å². The Kier molecular flexibility index (Phi) is 5.38. The van der Waals surface area contributed by atoms with Crippen molar-refractivity contribution in [3.8, 4) is 11.5 Å². The van der Waals surface area contributed by atoms with Crippen LogP contribution in [0.2, 0.25) is 0 Å². The van der Waals surface area contributed by atoms with Crippen molar-refractivity contribution >= 4 is 15.9 Å². The molecule has 0 unspecified atom stereocenters. The molecule has 2 aromatic rings. The maximum absolute atomic E-state index is 12.7. The van der Waals surface area contributed by atoms with E-state index in [4.69, 9.17) is 4.74 Å². The first kappa shape index (κ1) is 19.2. The average Bonchev–Trinajstić information content (AvgIpc) is 2.67. The number of carbonyl (C=O) groups excluding carboxylic acids is 1. The van der Waals surface area contributed by atoms with Crippen LogP contribution in [0, 0.1) is 6.92 Å². The summed E-state index contributed by atoms with van der Waals surface area (Å²) in [7, 11) is -2.10. The fourth-order valence-electron chi connectivity index (χ4n) is 2.98. The molecule has 0 radical (unpaired) electrons. The number of rotatable bonds is 4. The highest BCUT2D eigenvalue weighted by Crippen LogP contribution is 2.25. The van der Waals surface area contributed by atoms with E-state index in [1.807, 2.05) is 6.92 Å². The molecule has 1 heterocycles. The average molecular weight is 390 g/mol. The van der Waals surface area contributed by atoms with Crippen LogP contribution in [0.15, 0.2) is 47.4 Å². The second-order valence-electron chi connectivity index (χ2n) is 6.39. The van der Waals surface area contributed by atoms with Gasteiger partial charge in [0.1, 0.15) is 11.5 Å². The van der Waals surface area contributed by atoms with Crippen molar-refractivity contribution in [3.63, 3.8) is 0 Å². The predicted molar refractivity (Wildman–Crippen MR) is 101 cm³/mol. The lowest BCUT2D eigenvalue weighted by atomic mass is 10.1. The SMILES string of the molecule is COc1ccc(C(=O)N2CCN(S(=O)(=O)c3ccc(C)cc3)CC2)c(O)c1. The molecule has 7 nitrogen and oxygen atoms in total. The number of methoxy groups -OCH3 is 1. The van der Waals surface area contributed by atoms with Crippen LogP contribution in [0.1, 0.15) is 15.9 Å². The first-order valence-electron chi connectivity index (χ1n) is 8.56. The van der Waals surface area contributed by atoms with Crippen molar-refractivity contribution in [3.05, 3.63) is 53.6 Å². The molecule has 2 aromatic carbocycles.